The topological polar surface area (TPSA) is 157 Å². The molecule has 0 N–H and O–H groups in total. The Kier molecular flexibility index (Phi) is 16.5. The van der Waals surface area contributed by atoms with Crippen molar-refractivity contribution < 1.29 is 47.1 Å². The van der Waals surface area contributed by atoms with E-state index in [0.29, 0.717) is 72.9 Å². The zero-order chi connectivity index (χ0) is 49.1. The highest BCUT2D eigenvalue weighted by Gasteiger charge is 2.31. The van der Waals surface area contributed by atoms with Crippen molar-refractivity contribution in [2.75, 3.05) is 67.2 Å². The molecular weight excluding hydrogens is 939 g/mol. The van der Waals surface area contributed by atoms with E-state index in [2.05, 4.69) is 31.8 Å². The third-order valence-corrected chi connectivity index (χ3v) is 13.2. The van der Waals surface area contributed by atoms with Crippen molar-refractivity contribution in [3.63, 3.8) is 0 Å². The fraction of sp³-hybridized carbons (Fsp3) is 0.308. The van der Waals surface area contributed by atoms with Crippen LogP contribution < -0.4 is 18.9 Å². The molecule has 8 rings (SSSR count). The van der Waals surface area contributed by atoms with Crippen LogP contribution in [0.15, 0.2) is 104 Å². The Morgan fingerprint density at radius 3 is 2.37 bits per heavy atom. The van der Waals surface area contributed by atoms with Crippen LogP contribution in [0.3, 0.4) is 0 Å². The molecular formula is C52H52ClFN6O9S. The van der Waals surface area contributed by atoms with Gasteiger partial charge < -0.3 is 38.1 Å². The SMILES string of the molecule is COCC(=O)OC(C)OC(=O)[C@@H](Cc1ccccc1OCc1ccnc(-c2ccccc2OC)n1)Oc1ncnc2sc(-c3ccc(F)cc3)c(-c3ccc(OCCN4CCN(C)CC4)c(Cl)c3C)c12. The first-order valence-electron chi connectivity index (χ1n) is 22.6. The maximum Gasteiger partial charge on any atom is 0.350 e. The fourth-order valence-electron chi connectivity index (χ4n) is 7.97. The summed E-state index contributed by atoms with van der Waals surface area (Å²) in [6, 6.07) is 26.3. The largest absolute Gasteiger partial charge is 0.496 e. The lowest BCUT2D eigenvalue weighted by molar-refractivity contribution is -0.191. The molecule has 1 fully saturated rings. The molecule has 1 unspecified atom stereocenters. The summed E-state index contributed by atoms with van der Waals surface area (Å²) in [5.41, 5.74) is 4.70. The number of para-hydroxylation sites is 2. The zero-order valence-electron chi connectivity index (χ0n) is 39.4. The lowest BCUT2D eigenvalue weighted by atomic mass is 9.96. The first kappa shape index (κ1) is 49.7. The molecule has 4 heterocycles. The number of methoxy groups -OCH3 is 2. The summed E-state index contributed by atoms with van der Waals surface area (Å²) in [4.78, 5) is 51.1. The number of piperazine rings is 1. The standard InChI is InChI=1S/C52H52ClFN6O9S/c1-32-38(18-19-42(47(32)53)65-27-26-60-24-22-59(3)23-25-60)45-46-50(56-31-57-51(46)70-48(45)34-14-16-36(54)17-15-34)69-43(52(62)68-33(2)67-44(61)30-63-4)28-35-10-6-8-12-40(35)66-29-37-20-21-55-49(58-37)39-11-7-9-13-41(39)64-5/h6-21,31,33,43H,22-30H2,1-5H3/t33?,43-/m1/s1. The fourth-order valence-corrected chi connectivity index (χ4v) is 9.34. The third-order valence-electron chi connectivity index (χ3n) is 11.6. The number of esters is 2. The Labute approximate surface area is 414 Å². The number of thiophene rings is 1. The van der Waals surface area contributed by atoms with Crippen LogP contribution in [0.1, 0.15) is 23.7 Å². The summed E-state index contributed by atoms with van der Waals surface area (Å²) in [6.45, 7) is 8.18. The number of hydrogen-bond acceptors (Lipinski definition) is 16. The van der Waals surface area contributed by atoms with Gasteiger partial charge in [-0.15, -0.1) is 11.3 Å². The van der Waals surface area contributed by atoms with Crippen LogP contribution in [0, 0.1) is 12.7 Å². The van der Waals surface area contributed by atoms with Crippen LogP contribution in [-0.4, -0.2) is 121 Å². The van der Waals surface area contributed by atoms with E-state index < -0.39 is 30.1 Å². The summed E-state index contributed by atoms with van der Waals surface area (Å²) in [7, 11) is 5.06. The van der Waals surface area contributed by atoms with E-state index in [0.717, 1.165) is 48.7 Å². The van der Waals surface area contributed by atoms with E-state index in [-0.39, 0.29) is 25.5 Å². The van der Waals surface area contributed by atoms with Crippen molar-refractivity contribution in [3.8, 4) is 56.1 Å². The molecule has 1 aliphatic heterocycles. The zero-order valence-corrected chi connectivity index (χ0v) is 40.9. The average molecular weight is 992 g/mol. The molecule has 0 spiro atoms. The molecule has 18 heteroatoms. The van der Waals surface area contributed by atoms with Gasteiger partial charge in [0.2, 0.25) is 18.3 Å². The minimum atomic E-state index is -1.38. The van der Waals surface area contributed by atoms with Gasteiger partial charge in [0.05, 0.1) is 28.8 Å². The Bertz CT molecular complexity index is 2940. The maximum atomic E-state index is 14.4. The van der Waals surface area contributed by atoms with Gasteiger partial charge in [0.25, 0.3) is 0 Å². The quantitative estimate of drug-likeness (QED) is 0.0527. The normalized spacial score (nSPS) is 13.9. The number of hydrogen-bond donors (Lipinski definition) is 0. The molecule has 4 aromatic carbocycles. The Morgan fingerprint density at radius 2 is 1.60 bits per heavy atom. The Morgan fingerprint density at radius 1 is 0.843 bits per heavy atom. The number of fused-ring (bicyclic) bond motifs is 1. The van der Waals surface area contributed by atoms with E-state index in [1.165, 1.54) is 43.8 Å². The van der Waals surface area contributed by atoms with Crippen molar-refractivity contribution >= 4 is 45.1 Å². The average Bonchev–Trinajstić information content (AvgIpc) is 3.76. The molecule has 15 nitrogen and oxygen atoms in total. The highest BCUT2D eigenvalue weighted by molar-refractivity contribution is 7.22. The van der Waals surface area contributed by atoms with E-state index in [1.54, 1.807) is 43.6 Å². The molecule has 1 saturated heterocycles. The summed E-state index contributed by atoms with van der Waals surface area (Å²) >= 11 is 8.48. The molecule has 0 aliphatic carbocycles. The second-order valence-electron chi connectivity index (χ2n) is 16.4. The van der Waals surface area contributed by atoms with Crippen LogP contribution >= 0.6 is 22.9 Å². The number of carbonyl (C=O) groups is 2. The van der Waals surface area contributed by atoms with Gasteiger partial charge in [-0.2, -0.15) is 0 Å². The van der Waals surface area contributed by atoms with Gasteiger partial charge in [-0.1, -0.05) is 60.1 Å². The number of aromatic nitrogens is 4. The van der Waals surface area contributed by atoms with Gasteiger partial charge in [-0.3, -0.25) is 4.90 Å². The molecule has 0 amide bonds. The van der Waals surface area contributed by atoms with Gasteiger partial charge in [0.15, 0.2) is 5.82 Å². The molecule has 0 bridgehead atoms. The van der Waals surface area contributed by atoms with Gasteiger partial charge in [0.1, 0.15) is 54.0 Å². The Balaban J connectivity index is 1.13. The summed E-state index contributed by atoms with van der Waals surface area (Å²) < 4.78 is 55.2. The number of carbonyl (C=O) groups excluding carboxylic acids is 2. The van der Waals surface area contributed by atoms with Crippen molar-refractivity contribution in [2.24, 2.45) is 0 Å². The van der Waals surface area contributed by atoms with Crippen LogP contribution in [0.4, 0.5) is 4.39 Å². The molecule has 0 saturated carbocycles. The van der Waals surface area contributed by atoms with E-state index in [1.807, 2.05) is 55.5 Å². The van der Waals surface area contributed by atoms with Crippen LogP contribution in [-0.2, 0) is 36.8 Å². The molecule has 3 aromatic heterocycles. The lowest BCUT2D eigenvalue weighted by Crippen LogP contribution is -2.45. The predicted octanol–water partition coefficient (Wildman–Crippen LogP) is 8.87. The van der Waals surface area contributed by atoms with Crippen molar-refractivity contribution in [3.05, 3.63) is 131 Å². The lowest BCUT2D eigenvalue weighted by Gasteiger charge is -2.32. The van der Waals surface area contributed by atoms with Gasteiger partial charge in [0, 0.05) is 69.8 Å². The minimum Gasteiger partial charge on any atom is -0.496 e. The van der Waals surface area contributed by atoms with Crippen LogP contribution in [0.5, 0.6) is 23.1 Å². The van der Waals surface area contributed by atoms with E-state index >= 15 is 0 Å². The molecule has 0 radical (unpaired) electrons. The second kappa shape index (κ2) is 23.2. The molecule has 70 heavy (non-hydrogen) atoms. The van der Waals surface area contributed by atoms with Crippen LogP contribution in [0.25, 0.3) is 43.2 Å². The highest BCUT2D eigenvalue weighted by atomic mass is 35.5. The first-order chi connectivity index (χ1) is 34.0. The Hall–Kier alpha value is -6.76. The number of nitrogens with zero attached hydrogens (tertiary/aromatic N) is 6. The summed E-state index contributed by atoms with van der Waals surface area (Å²) in [6.07, 6.45) is 0.230. The third kappa shape index (κ3) is 12.0. The smallest absolute Gasteiger partial charge is 0.350 e. The first-order valence-corrected chi connectivity index (χ1v) is 23.8. The van der Waals surface area contributed by atoms with E-state index in [9.17, 15) is 14.0 Å². The number of halogens is 2. The number of ether oxygens (including phenoxy) is 7. The number of benzene rings is 4. The monoisotopic (exact) mass is 990 g/mol. The van der Waals surface area contributed by atoms with Gasteiger partial charge >= 0.3 is 11.9 Å². The number of likely N-dealkylation sites (N-methyl/N-ethyl adjacent to an activating group) is 1. The molecule has 364 valence electrons. The summed E-state index contributed by atoms with van der Waals surface area (Å²) in [5.74, 6) is 0.150. The van der Waals surface area contributed by atoms with Gasteiger partial charge in [-0.05, 0) is 78.7 Å². The van der Waals surface area contributed by atoms with Crippen molar-refractivity contribution in [2.45, 2.75) is 39.3 Å². The van der Waals surface area contributed by atoms with Crippen molar-refractivity contribution in [1.82, 2.24) is 29.7 Å². The molecule has 2 atom stereocenters. The molecule has 1 aliphatic rings. The number of rotatable bonds is 20. The van der Waals surface area contributed by atoms with Crippen molar-refractivity contribution in [1.29, 1.82) is 0 Å². The highest BCUT2D eigenvalue weighted by Crippen LogP contribution is 2.49. The second-order valence-corrected chi connectivity index (χ2v) is 17.8. The van der Waals surface area contributed by atoms with Gasteiger partial charge in [-0.25, -0.2) is 33.9 Å². The maximum absolute atomic E-state index is 14.4. The summed E-state index contributed by atoms with van der Waals surface area (Å²) in [5, 5.41) is 0.902. The van der Waals surface area contributed by atoms with Crippen LogP contribution in [0.2, 0.25) is 5.02 Å². The predicted molar refractivity (Wildman–Crippen MR) is 264 cm³/mol. The van der Waals surface area contributed by atoms with E-state index in [4.69, 9.17) is 49.7 Å². The minimum absolute atomic E-state index is 0.0573. The molecule has 7 aromatic rings.